The number of hydrogen-bond donors (Lipinski definition) is 4. The normalized spacial score (nSPS) is 20.0. The van der Waals surface area contributed by atoms with Crippen molar-refractivity contribution in [3.63, 3.8) is 0 Å². The number of carbonyl (C=O) groups is 4. The first-order chi connectivity index (χ1) is 28.9. The fraction of sp³-hybridized carbons (Fsp3) is 0.333. The van der Waals surface area contributed by atoms with Crippen molar-refractivity contribution >= 4 is 23.6 Å². The molecule has 0 radical (unpaired) electrons. The number of hydrogen-bond acceptors (Lipinski definition) is 10. The number of likely N-dealkylation sites (N-methyl/N-ethyl adjacent to an activating group) is 2. The van der Waals surface area contributed by atoms with E-state index >= 15 is 0 Å². The van der Waals surface area contributed by atoms with Crippen molar-refractivity contribution in [3.8, 4) is 11.5 Å². The van der Waals surface area contributed by atoms with Crippen LogP contribution in [0.15, 0.2) is 46.2 Å². The van der Waals surface area contributed by atoms with E-state index < -0.39 is 128 Å². The molecule has 2 aromatic carbocycles. The van der Waals surface area contributed by atoms with Gasteiger partial charge in [-0.25, -0.2) is 26.3 Å². The summed E-state index contributed by atoms with van der Waals surface area (Å²) in [6.45, 7) is 1.71. The Morgan fingerprint density at radius 3 is 1.44 bits per heavy atom. The van der Waals surface area contributed by atoms with Crippen molar-refractivity contribution in [3.05, 3.63) is 126 Å². The summed E-state index contributed by atoms with van der Waals surface area (Å²) in [5.41, 5.74) is -4.89. The number of benzene rings is 2. The lowest BCUT2D eigenvalue weighted by Crippen LogP contribution is -2.51. The van der Waals surface area contributed by atoms with Crippen LogP contribution >= 0.6 is 0 Å². The number of nitrogens with one attached hydrogen (secondary N) is 2. The van der Waals surface area contributed by atoms with Gasteiger partial charge in [0.15, 0.2) is 22.9 Å². The molecule has 0 aliphatic carbocycles. The number of aromatic hydroxyl groups is 2. The summed E-state index contributed by atoms with van der Waals surface area (Å²) in [7, 11) is 1.52. The number of pyridine rings is 2. The Hall–Kier alpha value is -6.68. The lowest BCUT2D eigenvalue weighted by atomic mass is 10.0. The first kappa shape index (κ1) is 42.4. The standard InChI is InChI=1S/C20H18F3N3O5.C19H16F3N3O5/c1-2-25-14-7-31-8-15(14)26-6-11(17(27)18(28)16(26)20(25)30)19(29)24-5-10-12(22)3-9(21)4-13(10)23;1-24-13-6-30-7-14(13)25-5-10(16(26)17(27)15(25)19(24)29)18(28)23-4-9-11(21)2-8(20)3-12(9)22/h3-4,6,14-15,28H,2,5,7-8H2,1H3,(H,24,29);2-3,5,13-14,27H,4,6-7H2,1H3,(H,23,28)/t14-,15+;13-,14+/m00/s1. The number of ether oxygens (including phenoxy) is 2. The summed E-state index contributed by atoms with van der Waals surface area (Å²) >= 11 is 0. The molecule has 8 rings (SSSR count). The molecule has 0 unspecified atom stereocenters. The van der Waals surface area contributed by atoms with Gasteiger partial charge in [-0.05, 0) is 6.92 Å². The molecule has 61 heavy (non-hydrogen) atoms. The first-order valence-electron chi connectivity index (χ1n) is 18.5. The van der Waals surface area contributed by atoms with Crippen molar-refractivity contribution in [1.82, 2.24) is 29.6 Å². The van der Waals surface area contributed by atoms with Crippen molar-refractivity contribution in [2.45, 2.75) is 44.2 Å². The van der Waals surface area contributed by atoms with Crippen LogP contribution in [-0.2, 0) is 22.6 Å². The van der Waals surface area contributed by atoms with Crippen LogP contribution in [0.4, 0.5) is 26.3 Å². The summed E-state index contributed by atoms with van der Waals surface area (Å²) in [5, 5.41) is 25.1. The fourth-order valence-electron chi connectivity index (χ4n) is 7.76. The maximum atomic E-state index is 13.8. The highest BCUT2D eigenvalue weighted by Crippen LogP contribution is 2.35. The number of fused-ring (bicyclic) bond motifs is 6. The minimum Gasteiger partial charge on any atom is -0.503 e. The Balaban J connectivity index is 0.000000184. The Morgan fingerprint density at radius 1 is 0.639 bits per heavy atom. The highest BCUT2D eigenvalue weighted by molar-refractivity contribution is 6.00. The monoisotopic (exact) mass is 860 g/mol. The fourth-order valence-corrected chi connectivity index (χ4v) is 7.76. The maximum absolute atomic E-state index is 13.8. The third-order valence-corrected chi connectivity index (χ3v) is 11.0. The van der Waals surface area contributed by atoms with Crippen LogP contribution < -0.4 is 21.5 Å². The Morgan fingerprint density at radius 2 is 1.02 bits per heavy atom. The van der Waals surface area contributed by atoms with Crippen LogP contribution in [-0.4, -0.2) is 105 Å². The molecule has 4 aliphatic heterocycles. The van der Waals surface area contributed by atoms with Crippen LogP contribution in [0.3, 0.4) is 0 Å². The first-order valence-corrected chi connectivity index (χ1v) is 18.5. The van der Waals surface area contributed by atoms with Crippen LogP contribution in [0.25, 0.3) is 0 Å². The number of halogens is 6. The molecule has 4 aromatic rings. The van der Waals surface area contributed by atoms with Gasteiger partial charge in [0.2, 0.25) is 10.9 Å². The summed E-state index contributed by atoms with van der Waals surface area (Å²) in [6.07, 6.45) is 2.27. The van der Waals surface area contributed by atoms with E-state index in [1.807, 2.05) is 0 Å². The number of carbonyl (C=O) groups excluding carboxylic acids is 4. The molecule has 2 saturated heterocycles. The average Bonchev–Trinajstić information content (AvgIpc) is 3.90. The van der Waals surface area contributed by atoms with Crippen molar-refractivity contribution < 1.29 is 65.2 Å². The van der Waals surface area contributed by atoms with E-state index in [0.29, 0.717) is 30.8 Å². The average molecular weight is 861 g/mol. The predicted octanol–water partition coefficient (Wildman–Crippen LogP) is 2.24. The molecule has 4 aliphatic rings. The second-order valence-corrected chi connectivity index (χ2v) is 14.4. The molecule has 4 N–H and O–H groups in total. The third kappa shape index (κ3) is 7.45. The van der Waals surface area contributed by atoms with Gasteiger partial charge >= 0.3 is 0 Å². The highest BCUT2D eigenvalue weighted by Gasteiger charge is 2.45. The second kappa shape index (κ2) is 16.4. The van der Waals surface area contributed by atoms with E-state index in [2.05, 4.69) is 10.6 Å². The molecule has 2 aromatic heterocycles. The van der Waals surface area contributed by atoms with E-state index in [1.165, 1.54) is 26.0 Å². The van der Waals surface area contributed by atoms with Crippen molar-refractivity contribution in [2.75, 3.05) is 40.0 Å². The van der Waals surface area contributed by atoms with Gasteiger partial charge in [-0.1, -0.05) is 0 Å². The molecule has 322 valence electrons. The minimum atomic E-state index is -1.20. The second-order valence-electron chi connectivity index (χ2n) is 14.4. The van der Waals surface area contributed by atoms with Crippen LogP contribution in [0.2, 0.25) is 0 Å². The molecule has 4 amide bonds. The lowest BCUT2D eigenvalue weighted by Gasteiger charge is -2.38. The molecule has 0 spiro atoms. The quantitative estimate of drug-likeness (QED) is 0.200. The van der Waals surface area contributed by atoms with Gasteiger partial charge in [0.25, 0.3) is 23.6 Å². The summed E-state index contributed by atoms with van der Waals surface area (Å²) in [4.78, 5) is 78.4. The molecular formula is C39H34F6N6O10. The van der Waals surface area contributed by atoms with Gasteiger partial charge in [-0.15, -0.1) is 0 Å². The number of nitrogens with zero attached hydrogens (tertiary/aromatic N) is 4. The smallest absolute Gasteiger partial charge is 0.274 e. The molecule has 2 fully saturated rings. The summed E-state index contributed by atoms with van der Waals surface area (Å²) in [6, 6.07) is 0.352. The zero-order valence-corrected chi connectivity index (χ0v) is 31.9. The number of aromatic nitrogens is 2. The number of amides is 4. The molecule has 6 heterocycles. The van der Waals surface area contributed by atoms with E-state index in [-0.39, 0.29) is 49.9 Å². The molecular weight excluding hydrogens is 826 g/mol. The van der Waals surface area contributed by atoms with Gasteiger partial charge in [-0.2, -0.15) is 0 Å². The number of rotatable bonds is 7. The molecule has 16 nitrogen and oxygen atoms in total. The van der Waals surface area contributed by atoms with Gasteiger partial charge in [0.05, 0.1) is 50.6 Å². The topological polar surface area (TPSA) is 202 Å². The van der Waals surface area contributed by atoms with Gasteiger partial charge in [0, 0.05) is 74.5 Å². The SMILES string of the molecule is CCN1C(=O)c2c(O)c(=O)c(C(=O)NCc3c(F)cc(F)cc3F)cn2[C@@H]2COC[C@@H]21.CN1C(=O)c2c(O)c(=O)c(C(=O)NCc3c(F)cc(F)cc3F)cn2[C@@H]2COC[C@@H]21. The van der Waals surface area contributed by atoms with Gasteiger partial charge < -0.3 is 49.3 Å². The zero-order chi connectivity index (χ0) is 44.2. The molecule has 0 saturated carbocycles. The van der Waals surface area contributed by atoms with Crippen LogP contribution in [0.5, 0.6) is 11.5 Å². The van der Waals surface area contributed by atoms with Crippen LogP contribution in [0, 0.1) is 34.9 Å². The summed E-state index contributed by atoms with van der Waals surface area (Å²) in [5.74, 6) is -12.0. The Kier molecular flexibility index (Phi) is 11.4. The van der Waals surface area contributed by atoms with Crippen molar-refractivity contribution in [2.24, 2.45) is 0 Å². The summed E-state index contributed by atoms with van der Waals surface area (Å²) < 4.78 is 94.7. The Labute approximate surface area is 339 Å². The van der Waals surface area contributed by atoms with Gasteiger partial charge in [0.1, 0.15) is 46.0 Å². The van der Waals surface area contributed by atoms with E-state index in [0.717, 1.165) is 12.4 Å². The Bertz CT molecular complexity index is 2590. The van der Waals surface area contributed by atoms with E-state index in [1.54, 1.807) is 6.92 Å². The van der Waals surface area contributed by atoms with E-state index in [9.17, 15) is 65.3 Å². The van der Waals surface area contributed by atoms with Crippen molar-refractivity contribution in [1.29, 1.82) is 0 Å². The molecule has 0 bridgehead atoms. The molecule has 22 heteroatoms. The maximum Gasteiger partial charge on any atom is 0.274 e. The highest BCUT2D eigenvalue weighted by atomic mass is 19.2. The minimum absolute atomic E-state index is 0.199. The lowest BCUT2D eigenvalue weighted by molar-refractivity contribution is 0.0569. The zero-order valence-electron chi connectivity index (χ0n) is 31.9. The third-order valence-electron chi connectivity index (χ3n) is 11.0. The predicted molar refractivity (Wildman–Crippen MR) is 196 cm³/mol. The van der Waals surface area contributed by atoms with E-state index in [4.69, 9.17) is 9.47 Å². The largest absolute Gasteiger partial charge is 0.503 e. The van der Waals surface area contributed by atoms with Crippen LogP contribution in [0.1, 0.15) is 71.8 Å². The molecule has 4 atom stereocenters. The van der Waals surface area contributed by atoms with Gasteiger partial charge in [-0.3, -0.25) is 28.8 Å².